The van der Waals surface area contributed by atoms with Gasteiger partial charge < -0.3 is 21.0 Å². The van der Waals surface area contributed by atoms with Gasteiger partial charge in [-0.05, 0) is 57.8 Å². The first-order valence-corrected chi connectivity index (χ1v) is 8.55. The Balaban J connectivity index is 0.000000240. The Kier molecular flexibility index (Phi) is 9.35. The Morgan fingerprint density at radius 2 is 1.52 bits per heavy atom. The minimum absolute atomic E-state index is 0.266. The highest BCUT2D eigenvalue weighted by Crippen LogP contribution is 2.18. The molecule has 0 aromatic heterocycles. The summed E-state index contributed by atoms with van der Waals surface area (Å²) >= 11 is 0. The zero-order valence-electron chi connectivity index (χ0n) is 13.3. The highest BCUT2D eigenvalue weighted by Gasteiger charge is 2.22. The van der Waals surface area contributed by atoms with Gasteiger partial charge in [0.05, 0.1) is 18.1 Å². The molecule has 2 fully saturated rings. The van der Waals surface area contributed by atoms with E-state index in [-0.39, 0.29) is 6.42 Å². The maximum absolute atomic E-state index is 9.81. The van der Waals surface area contributed by atoms with Crippen LogP contribution in [0.25, 0.3) is 0 Å². The summed E-state index contributed by atoms with van der Waals surface area (Å²) in [5.74, 6) is -1.23. The van der Waals surface area contributed by atoms with Gasteiger partial charge in [0, 0.05) is 6.04 Å². The summed E-state index contributed by atoms with van der Waals surface area (Å²) in [6, 6.07) is 1.10. The van der Waals surface area contributed by atoms with Crippen molar-refractivity contribution in [2.24, 2.45) is 5.73 Å². The largest absolute Gasteiger partial charge is 0.548 e. The van der Waals surface area contributed by atoms with Crippen LogP contribution in [0.1, 0.15) is 70.6 Å². The number of nitrogens with two attached hydrogens (primary N) is 2. The normalized spacial score (nSPS) is 22.0. The first-order valence-electron chi connectivity index (χ1n) is 8.55. The Bertz CT molecular complexity index is 279. The lowest BCUT2D eigenvalue weighted by molar-refractivity contribution is -0.725. The summed E-state index contributed by atoms with van der Waals surface area (Å²) < 4.78 is 0. The third kappa shape index (κ3) is 8.22. The van der Waals surface area contributed by atoms with Gasteiger partial charge in [-0.3, -0.25) is 0 Å². The number of hydrogen-bond acceptors (Lipinski definition) is 3. The Morgan fingerprint density at radius 3 is 1.81 bits per heavy atom. The van der Waals surface area contributed by atoms with E-state index in [0.29, 0.717) is 0 Å². The summed E-state index contributed by atoms with van der Waals surface area (Å²) in [4.78, 5) is 9.81. The van der Waals surface area contributed by atoms with Crippen LogP contribution in [0.5, 0.6) is 0 Å². The fourth-order valence-corrected chi connectivity index (χ4v) is 3.31. The Labute approximate surface area is 129 Å². The van der Waals surface area contributed by atoms with E-state index in [2.05, 4.69) is 11.9 Å². The monoisotopic (exact) mass is 296 g/mol. The molecule has 0 saturated heterocycles. The van der Waals surface area contributed by atoms with Gasteiger partial charge in [0.15, 0.2) is 0 Å². The van der Waals surface area contributed by atoms with Crippen LogP contribution >= 0.6 is 0 Å². The van der Waals surface area contributed by atoms with Crippen LogP contribution in [0.3, 0.4) is 0 Å². The average molecular weight is 296 g/mol. The number of rotatable bonds is 5. The molecule has 2 saturated carbocycles. The zero-order valence-corrected chi connectivity index (χ0v) is 13.3. The van der Waals surface area contributed by atoms with Crippen LogP contribution in [0.15, 0.2) is 12.7 Å². The number of aliphatic carboxylic acids is 1. The molecule has 0 heterocycles. The van der Waals surface area contributed by atoms with Crippen molar-refractivity contribution in [3.05, 3.63) is 12.7 Å². The van der Waals surface area contributed by atoms with E-state index < -0.39 is 12.0 Å². The van der Waals surface area contributed by atoms with Gasteiger partial charge in [-0.2, -0.15) is 0 Å². The van der Waals surface area contributed by atoms with Gasteiger partial charge in [-0.1, -0.05) is 18.9 Å². The van der Waals surface area contributed by atoms with Crippen LogP contribution < -0.4 is 16.2 Å². The van der Waals surface area contributed by atoms with E-state index >= 15 is 0 Å². The second kappa shape index (κ2) is 10.8. The summed E-state index contributed by atoms with van der Waals surface area (Å²) in [5, 5.41) is 12.5. The Hall–Kier alpha value is -0.870. The molecule has 4 N–H and O–H groups in total. The van der Waals surface area contributed by atoms with Gasteiger partial charge in [0.1, 0.15) is 0 Å². The molecule has 0 amide bonds. The predicted octanol–water partition coefficient (Wildman–Crippen LogP) is 0.855. The van der Waals surface area contributed by atoms with Crippen molar-refractivity contribution in [3.63, 3.8) is 0 Å². The summed E-state index contributed by atoms with van der Waals surface area (Å²) in [5.41, 5.74) is 4.99. The summed E-state index contributed by atoms with van der Waals surface area (Å²) in [6.07, 6.45) is 16.7. The van der Waals surface area contributed by atoms with Crippen molar-refractivity contribution in [1.29, 1.82) is 0 Å². The molecule has 21 heavy (non-hydrogen) atoms. The molecule has 0 radical (unpaired) electrons. The molecule has 2 rings (SSSR count). The maximum atomic E-state index is 9.81. The first kappa shape index (κ1) is 18.2. The van der Waals surface area contributed by atoms with Gasteiger partial charge in [-0.25, -0.2) is 0 Å². The minimum atomic E-state index is -1.23. The molecule has 0 bridgehead atoms. The van der Waals surface area contributed by atoms with Crippen molar-refractivity contribution >= 4 is 5.97 Å². The molecule has 2 aliphatic rings. The topological polar surface area (TPSA) is 82.8 Å². The molecular weight excluding hydrogens is 264 g/mol. The molecular formula is C17H32N2O2. The van der Waals surface area contributed by atoms with Gasteiger partial charge in [0.25, 0.3) is 0 Å². The number of hydrogen-bond donors (Lipinski definition) is 2. The highest BCUT2D eigenvalue weighted by molar-refractivity contribution is 5.70. The van der Waals surface area contributed by atoms with Crippen LogP contribution in [-0.2, 0) is 4.79 Å². The molecule has 4 heteroatoms. The van der Waals surface area contributed by atoms with E-state index in [1.54, 1.807) is 0 Å². The van der Waals surface area contributed by atoms with Gasteiger partial charge >= 0.3 is 0 Å². The fourth-order valence-electron chi connectivity index (χ4n) is 3.31. The maximum Gasteiger partial charge on any atom is 0.0861 e. The third-order valence-electron chi connectivity index (χ3n) is 4.57. The van der Waals surface area contributed by atoms with Gasteiger partial charge in [0.2, 0.25) is 0 Å². The lowest BCUT2D eigenvalue weighted by atomic mass is 9.91. The van der Waals surface area contributed by atoms with Crippen molar-refractivity contribution in [2.75, 3.05) is 0 Å². The molecule has 0 aliphatic heterocycles. The SMILES string of the molecule is C1CCC([NH2+]C2CCCCC2)CC1.C=CC[C@H](N)C(=O)[O-]. The number of carbonyl (C=O) groups excluding carboxylic acids is 1. The quantitative estimate of drug-likeness (QED) is 0.738. The third-order valence-corrected chi connectivity index (χ3v) is 4.57. The van der Waals surface area contributed by atoms with E-state index in [4.69, 9.17) is 5.73 Å². The van der Waals surface area contributed by atoms with Crippen molar-refractivity contribution in [2.45, 2.75) is 88.8 Å². The van der Waals surface area contributed by atoms with E-state index in [1.807, 2.05) is 0 Å². The number of carboxylic acid groups (broad SMARTS) is 1. The van der Waals surface area contributed by atoms with E-state index in [1.165, 1.54) is 70.3 Å². The molecule has 2 aliphatic carbocycles. The van der Waals surface area contributed by atoms with Crippen molar-refractivity contribution < 1.29 is 15.2 Å². The predicted molar refractivity (Wildman–Crippen MR) is 83.5 cm³/mol. The number of quaternary nitrogens is 1. The van der Waals surface area contributed by atoms with Crippen molar-refractivity contribution in [3.8, 4) is 0 Å². The van der Waals surface area contributed by atoms with E-state index in [0.717, 1.165) is 12.1 Å². The molecule has 0 unspecified atom stereocenters. The van der Waals surface area contributed by atoms with Crippen LogP contribution in [0.4, 0.5) is 0 Å². The van der Waals surface area contributed by atoms with E-state index in [9.17, 15) is 9.90 Å². The smallest absolute Gasteiger partial charge is 0.0861 e. The molecule has 4 nitrogen and oxygen atoms in total. The lowest BCUT2D eigenvalue weighted by Crippen LogP contribution is -2.95. The fraction of sp³-hybridized carbons (Fsp3) is 0.824. The molecule has 0 aromatic carbocycles. The summed E-state index contributed by atoms with van der Waals surface area (Å²) in [6.45, 7) is 3.31. The molecule has 0 spiro atoms. The first-order chi connectivity index (χ1) is 10.1. The van der Waals surface area contributed by atoms with Crippen LogP contribution in [0, 0.1) is 0 Å². The zero-order chi connectivity index (χ0) is 15.5. The van der Waals surface area contributed by atoms with Crippen LogP contribution in [0.2, 0.25) is 0 Å². The van der Waals surface area contributed by atoms with Crippen molar-refractivity contribution in [1.82, 2.24) is 0 Å². The summed E-state index contributed by atoms with van der Waals surface area (Å²) in [7, 11) is 0. The average Bonchev–Trinajstić information content (AvgIpc) is 2.50. The standard InChI is InChI=1S/C12H23N.C5H9NO2/c1-3-7-11(8-4-1)13-12-9-5-2-6-10-12;1-2-3-4(6)5(7)8/h11-13H,1-10H2;2,4H,1,3,6H2,(H,7,8)/t;4-/m.0/s1. The highest BCUT2D eigenvalue weighted by atomic mass is 16.4. The molecule has 122 valence electrons. The van der Waals surface area contributed by atoms with Crippen LogP contribution in [-0.4, -0.2) is 24.1 Å². The number of carbonyl (C=O) groups is 1. The molecule has 0 aromatic rings. The molecule has 1 atom stereocenters. The lowest BCUT2D eigenvalue weighted by Gasteiger charge is -2.27. The van der Waals surface area contributed by atoms with Gasteiger partial charge in [-0.15, -0.1) is 6.58 Å². The number of carboxylic acids is 1. The second-order valence-electron chi connectivity index (χ2n) is 6.44. The minimum Gasteiger partial charge on any atom is -0.548 e. The second-order valence-corrected chi connectivity index (χ2v) is 6.44. The Morgan fingerprint density at radius 1 is 1.10 bits per heavy atom.